The summed E-state index contributed by atoms with van der Waals surface area (Å²) in [6, 6.07) is 6.10. The Morgan fingerprint density at radius 1 is 1.33 bits per heavy atom. The van der Waals surface area contributed by atoms with E-state index >= 15 is 0 Å². The molecule has 0 aliphatic carbocycles. The average molecular weight is 360 g/mol. The SMILES string of the molecule is COCCNCCNC(=O)C1CC(=O)N(c2ccccc2F)C1.Cl. The molecule has 2 N–H and O–H groups in total. The molecule has 2 amide bonds. The number of rotatable bonds is 8. The van der Waals surface area contributed by atoms with Crippen molar-refractivity contribution in [3.63, 3.8) is 0 Å². The quantitative estimate of drug-likeness (QED) is 0.678. The minimum atomic E-state index is -0.454. The van der Waals surface area contributed by atoms with Gasteiger partial charge in [0.15, 0.2) is 0 Å². The lowest BCUT2D eigenvalue weighted by Crippen LogP contribution is -2.37. The van der Waals surface area contributed by atoms with Crippen LogP contribution < -0.4 is 15.5 Å². The Hall–Kier alpha value is -1.70. The van der Waals surface area contributed by atoms with Gasteiger partial charge in [-0.3, -0.25) is 9.59 Å². The van der Waals surface area contributed by atoms with Gasteiger partial charge in [0.25, 0.3) is 0 Å². The fraction of sp³-hybridized carbons (Fsp3) is 0.500. The van der Waals surface area contributed by atoms with E-state index in [4.69, 9.17) is 4.74 Å². The third-order valence-electron chi connectivity index (χ3n) is 3.72. The molecular weight excluding hydrogens is 337 g/mol. The summed E-state index contributed by atoms with van der Waals surface area (Å²) in [6.07, 6.45) is 0.108. The Morgan fingerprint density at radius 2 is 2.08 bits per heavy atom. The minimum absolute atomic E-state index is 0. The molecule has 0 aromatic heterocycles. The lowest BCUT2D eigenvalue weighted by Gasteiger charge is -2.17. The number of para-hydroxylation sites is 1. The highest BCUT2D eigenvalue weighted by molar-refractivity contribution is 6.00. The number of nitrogens with zero attached hydrogens (tertiary/aromatic N) is 1. The fourth-order valence-electron chi connectivity index (χ4n) is 2.50. The molecule has 1 heterocycles. The molecule has 1 unspecified atom stereocenters. The standard InChI is InChI=1S/C16H22FN3O3.ClH/c1-23-9-8-18-6-7-19-16(22)12-10-15(21)20(11-12)14-5-3-2-4-13(14)17;/h2-5,12,18H,6-11H2,1H3,(H,19,22);1H. The summed E-state index contributed by atoms with van der Waals surface area (Å²) in [5.74, 6) is -1.30. The van der Waals surface area contributed by atoms with Crippen LogP contribution in [0.4, 0.5) is 10.1 Å². The molecule has 8 heteroatoms. The molecule has 24 heavy (non-hydrogen) atoms. The van der Waals surface area contributed by atoms with Crippen LogP contribution in [0, 0.1) is 11.7 Å². The van der Waals surface area contributed by atoms with Crippen LogP contribution in [-0.2, 0) is 14.3 Å². The van der Waals surface area contributed by atoms with Crippen LogP contribution in [0.25, 0.3) is 0 Å². The first-order chi connectivity index (χ1) is 11.1. The van der Waals surface area contributed by atoms with Gasteiger partial charge in [-0.1, -0.05) is 12.1 Å². The minimum Gasteiger partial charge on any atom is -0.383 e. The normalized spacial score (nSPS) is 16.8. The van der Waals surface area contributed by atoms with E-state index in [0.717, 1.165) is 6.54 Å². The Kier molecular flexibility index (Phi) is 8.67. The van der Waals surface area contributed by atoms with Gasteiger partial charge >= 0.3 is 0 Å². The van der Waals surface area contributed by atoms with Gasteiger partial charge < -0.3 is 20.3 Å². The number of halogens is 2. The van der Waals surface area contributed by atoms with Crippen LogP contribution in [0.15, 0.2) is 24.3 Å². The van der Waals surface area contributed by atoms with E-state index < -0.39 is 11.7 Å². The summed E-state index contributed by atoms with van der Waals surface area (Å²) in [6.45, 7) is 2.65. The average Bonchev–Trinajstić information content (AvgIpc) is 2.93. The summed E-state index contributed by atoms with van der Waals surface area (Å²) >= 11 is 0. The highest BCUT2D eigenvalue weighted by Gasteiger charge is 2.35. The second-order valence-corrected chi connectivity index (χ2v) is 5.39. The van der Waals surface area contributed by atoms with Crippen LogP contribution in [0.2, 0.25) is 0 Å². The molecule has 0 radical (unpaired) electrons. The van der Waals surface area contributed by atoms with Gasteiger partial charge in [-0.15, -0.1) is 12.4 Å². The molecule has 0 saturated carbocycles. The number of methoxy groups -OCH3 is 1. The number of ether oxygens (including phenoxy) is 1. The molecule has 6 nitrogen and oxygen atoms in total. The maximum absolute atomic E-state index is 13.8. The molecule has 134 valence electrons. The highest BCUT2D eigenvalue weighted by Crippen LogP contribution is 2.27. The van der Waals surface area contributed by atoms with Gasteiger partial charge in [-0.05, 0) is 12.1 Å². The van der Waals surface area contributed by atoms with Gasteiger partial charge in [0, 0.05) is 39.7 Å². The van der Waals surface area contributed by atoms with Crippen molar-refractivity contribution in [1.82, 2.24) is 10.6 Å². The van der Waals surface area contributed by atoms with E-state index in [1.165, 1.54) is 11.0 Å². The van der Waals surface area contributed by atoms with Crippen LogP contribution in [0.5, 0.6) is 0 Å². The number of benzene rings is 1. The summed E-state index contributed by atoms with van der Waals surface area (Å²) in [5.41, 5.74) is 0.231. The van der Waals surface area contributed by atoms with Crippen molar-refractivity contribution in [3.8, 4) is 0 Å². The molecule has 1 aromatic rings. The number of nitrogens with one attached hydrogen (secondary N) is 2. The lowest BCUT2D eigenvalue weighted by molar-refractivity contribution is -0.126. The number of hydrogen-bond donors (Lipinski definition) is 2. The first kappa shape index (κ1) is 20.3. The molecule has 0 spiro atoms. The maximum Gasteiger partial charge on any atom is 0.227 e. The van der Waals surface area contributed by atoms with Crippen molar-refractivity contribution in [2.24, 2.45) is 5.92 Å². The number of hydrogen-bond acceptors (Lipinski definition) is 4. The van der Waals surface area contributed by atoms with Crippen LogP contribution in [0.1, 0.15) is 6.42 Å². The van der Waals surface area contributed by atoms with Crippen LogP contribution >= 0.6 is 12.4 Å². The van der Waals surface area contributed by atoms with Crippen molar-refractivity contribution in [2.45, 2.75) is 6.42 Å². The first-order valence-electron chi connectivity index (χ1n) is 7.65. The van der Waals surface area contributed by atoms with Crippen molar-refractivity contribution >= 4 is 29.9 Å². The Bertz CT molecular complexity index is 559. The smallest absolute Gasteiger partial charge is 0.227 e. The van der Waals surface area contributed by atoms with Gasteiger partial charge in [0.1, 0.15) is 5.82 Å². The number of amides is 2. The zero-order valence-corrected chi connectivity index (χ0v) is 14.4. The van der Waals surface area contributed by atoms with Crippen LogP contribution in [0.3, 0.4) is 0 Å². The van der Waals surface area contributed by atoms with Gasteiger partial charge in [-0.2, -0.15) is 0 Å². The highest BCUT2D eigenvalue weighted by atomic mass is 35.5. The molecule has 1 saturated heterocycles. The Labute approximate surface area is 147 Å². The third-order valence-corrected chi connectivity index (χ3v) is 3.72. The van der Waals surface area contributed by atoms with Gasteiger partial charge in [0.05, 0.1) is 18.2 Å². The largest absolute Gasteiger partial charge is 0.383 e. The van der Waals surface area contributed by atoms with Crippen molar-refractivity contribution in [1.29, 1.82) is 0 Å². The van der Waals surface area contributed by atoms with E-state index in [2.05, 4.69) is 10.6 Å². The third kappa shape index (κ3) is 5.43. The predicted octanol–water partition coefficient (Wildman–Crippen LogP) is 0.953. The number of carbonyl (C=O) groups is 2. The fourth-order valence-corrected chi connectivity index (χ4v) is 2.50. The molecule has 1 fully saturated rings. The van der Waals surface area contributed by atoms with Crippen molar-refractivity contribution < 1.29 is 18.7 Å². The Morgan fingerprint density at radius 3 is 2.79 bits per heavy atom. The van der Waals surface area contributed by atoms with Crippen molar-refractivity contribution in [3.05, 3.63) is 30.1 Å². The van der Waals surface area contributed by atoms with E-state index in [-0.39, 0.29) is 42.9 Å². The lowest BCUT2D eigenvalue weighted by atomic mass is 10.1. The van der Waals surface area contributed by atoms with E-state index in [1.807, 2.05) is 0 Å². The van der Waals surface area contributed by atoms with E-state index in [9.17, 15) is 14.0 Å². The predicted molar refractivity (Wildman–Crippen MR) is 91.9 cm³/mol. The zero-order chi connectivity index (χ0) is 16.7. The summed E-state index contributed by atoms with van der Waals surface area (Å²) in [7, 11) is 1.63. The number of anilines is 1. The molecule has 1 aliphatic rings. The first-order valence-corrected chi connectivity index (χ1v) is 7.65. The van der Waals surface area contributed by atoms with Crippen molar-refractivity contribution in [2.75, 3.05) is 44.8 Å². The molecule has 1 aromatic carbocycles. The zero-order valence-electron chi connectivity index (χ0n) is 13.6. The monoisotopic (exact) mass is 359 g/mol. The second kappa shape index (κ2) is 10.2. The second-order valence-electron chi connectivity index (χ2n) is 5.39. The maximum atomic E-state index is 13.8. The molecule has 0 bridgehead atoms. The van der Waals surface area contributed by atoms with E-state index in [0.29, 0.717) is 19.7 Å². The topological polar surface area (TPSA) is 70.7 Å². The Balaban J connectivity index is 0.00000288. The summed E-state index contributed by atoms with van der Waals surface area (Å²) in [4.78, 5) is 25.5. The van der Waals surface area contributed by atoms with E-state index in [1.54, 1.807) is 25.3 Å². The summed E-state index contributed by atoms with van der Waals surface area (Å²) < 4.78 is 18.7. The number of carbonyl (C=O) groups excluding carboxylic acids is 2. The van der Waals surface area contributed by atoms with Crippen LogP contribution in [-0.4, -0.2) is 51.7 Å². The summed E-state index contributed by atoms with van der Waals surface area (Å²) in [5, 5.41) is 5.91. The molecule has 2 rings (SSSR count). The molecule has 1 aliphatic heterocycles. The molecule has 1 atom stereocenters. The van der Waals surface area contributed by atoms with Gasteiger partial charge in [-0.25, -0.2) is 4.39 Å². The van der Waals surface area contributed by atoms with Gasteiger partial charge in [0.2, 0.25) is 11.8 Å². The molecular formula is C16H23ClFN3O3.